The van der Waals surface area contributed by atoms with E-state index < -0.39 is 12.1 Å². The third kappa shape index (κ3) is 4.18. The Morgan fingerprint density at radius 1 is 1.07 bits per heavy atom. The number of aromatic nitrogens is 1. The molecule has 0 saturated carbocycles. The van der Waals surface area contributed by atoms with Gasteiger partial charge in [0.2, 0.25) is 0 Å². The van der Waals surface area contributed by atoms with Crippen LogP contribution < -0.4 is 0 Å². The molecule has 0 bridgehead atoms. The molecule has 1 aromatic heterocycles. The van der Waals surface area contributed by atoms with Crippen LogP contribution in [0.15, 0.2) is 54.7 Å². The van der Waals surface area contributed by atoms with E-state index >= 15 is 0 Å². The van der Waals surface area contributed by atoms with Gasteiger partial charge in [-0.05, 0) is 18.6 Å². The Bertz CT molecular complexity index is 990. The Morgan fingerprint density at radius 2 is 1.77 bits per heavy atom. The number of carbonyl (C=O) groups is 1. The summed E-state index contributed by atoms with van der Waals surface area (Å²) in [5.74, 6) is -0.268. The number of piperazine rings is 1. The first-order valence-electron chi connectivity index (χ1n) is 10.5. The molecule has 2 unspecified atom stereocenters. The molecule has 2 atom stereocenters. The summed E-state index contributed by atoms with van der Waals surface area (Å²) in [6, 6.07) is 15.3. The van der Waals surface area contributed by atoms with Gasteiger partial charge in [-0.2, -0.15) is 0 Å². The lowest BCUT2D eigenvalue weighted by atomic mass is 9.92. The smallest absolute Gasteiger partial charge is 0.195 e. The van der Waals surface area contributed by atoms with Gasteiger partial charge in [0.05, 0.1) is 12.6 Å². The van der Waals surface area contributed by atoms with Crippen LogP contribution in [0.25, 0.3) is 10.9 Å². The number of aryl methyl sites for hydroxylation is 1. The number of benzene rings is 2. The molecule has 1 fully saturated rings. The molecule has 3 N–H and O–H groups in total. The lowest BCUT2D eigenvalue weighted by Crippen LogP contribution is -2.51. The number of carbonyl (C=O) groups excluding carboxylic acids is 1. The van der Waals surface area contributed by atoms with E-state index in [4.69, 9.17) is 0 Å². The minimum absolute atomic E-state index is 0.142. The molecule has 0 radical (unpaired) electrons. The molecular weight excluding hydrogens is 378 g/mol. The second-order valence-electron chi connectivity index (χ2n) is 8.01. The van der Waals surface area contributed by atoms with Gasteiger partial charge in [-0.25, -0.2) is 0 Å². The van der Waals surface area contributed by atoms with Crippen molar-refractivity contribution >= 4 is 16.7 Å². The van der Waals surface area contributed by atoms with Crippen LogP contribution in [-0.4, -0.2) is 76.2 Å². The zero-order chi connectivity index (χ0) is 21.1. The zero-order valence-electron chi connectivity index (χ0n) is 17.3. The molecule has 158 valence electrons. The molecule has 1 saturated heterocycles. The Balaban J connectivity index is 1.63. The number of fused-ring (bicyclic) bond motifs is 1. The minimum Gasteiger partial charge on any atom is -0.395 e. The third-order valence-electron chi connectivity index (χ3n) is 6.06. The van der Waals surface area contributed by atoms with Crippen molar-refractivity contribution < 1.29 is 15.0 Å². The van der Waals surface area contributed by atoms with Crippen molar-refractivity contribution in [2.24, 2.45) is 0 Å². The minimum atomic E-state index is -1.17. The maximum Gasteiger partial charge on any atom is 0.195 e. The molecule has 30 heavy (non-hydrogen) atoms. The summed E-state index contributed by atoms with van der Waals surface area (Å²) < 4.78 is 0. The molecule has 4 rings (SSSR count). The fourth-order valence-corrected chi connectivity index (χ4v) is 4.34. The van der Waals surface area contributed by atoms with E-state index in [2.05, 4.69) is 14.8 Å². The van der Waals surface area contributed by atoms with E-state index in [1.807, 2.05) is 55.5 Å². The predicted octanol–water partition coefficient (Wildman–Crippen LogP) is 2.37. The van der Waals surface area contributed by atoms with Crippen LogP contribution in [0.5, 0.6) is 0 Å². The van der Waals surface area contributed by atoms with Gasteiger partial charge in [-0.3, -0.25) is 14.6 Å². The summed E-state index contributed by atoms with van der Waals surface area (Å²) in [5, 5.41) is 21.3. The number of aliphatic hydroxyl groups is 2. The van der Waals surface area contributed by atoms with E-state index in [9.17, 15) is 15.0 Å². The first-order valence-corrected chi connectivity index (χ1v) is 10.5. The largest absolute Gasteiger partial charge is 0.395 e. The zero-order valence-corrected chi connectivity index (χ0v) is 17.3. The highest BCUT2D eigenvalue weighted by atomic mass is 16.3. The number of Topliss-reactive ketones (excluding diaryl/α,β-unsaturated/α-hetero) is 1. The molecule has 1 aliphatic heterocycles. The van der Waals surface area contributed by atoms with Crippen molar-refractivity contribution in [1.29, 1.82) is 0 Å². The van der Waals surface area contributed by atoms with Gasteiger partial charge in [0.15, 0.2) is 5.78 Å². The normalized spacial score (nSPS) is 17.8. The van der Waals surface area contributed by atoms with Crippen LogP contribution in [0.4, 0.5) is 0 Å². The maximum absolute atomic E-state index is 13.4. The molecule has 3 aromatic rings. The van der Waals surface area contributed by atoms with Gasteiger partial charge in [-0.1, -0.05) is 48.0 Å². The Labute approximate surface area is 176 Å². The maximum atomic E-state index is 13.4. The van der Waals surface area contributed by atoms with Crippen molar-refractivity contribution in [1.82, 2.24) is 14.8 Å². The van der Waals surface area contributed by atoms with E-state index in [0.29, 0.717) is 12.1 Å². The second kappa shape index (κ2) is 9.10. The van der Waals surface area contributed by atoms with Crippen LogP contribution in [0, 0.1) is 6.92 Å². The van der Waals surface area contributed by atoms with E-state index in [0.717, 1.165) is 48.2 Å². The summed E-state index contributed by atoms with van der Waals surface area (Å²) in [6.45, 7) is 5.89. The van der Waals surface area contributed by atoms with Gasteiger partial charge in [0, 0.05) is 55.4 Å². The van der Waals surface area contributed by atoms with E-state index in [1.165, 1.54) is 0 Å². The number of rotatable bonds is 7. The number of hydrogen-bond donors (Lipinski definition) is 3. The third-order valence-corrected chi connectivity index (χ3v) is 6.06. The summed E-state index contributed by atoms with van der Waals surface area (Å²) >= 11 is 0. The number of nitrogens with one attached hydrogen (secondary N) is 1. The fourth-order valence-electron chi connectivity index (χ4n) is 4.34. The van der Waals surface area contributed by atoms with Crippen LogP contribution in [0.1, 0.15) is 27.5 Å². The fraction of sp³-hybridized carbons (Fsp3) is 0.375. The number of β-amino-alcohol motifs (C(OH)–C–C–N with tert-alkyl or cyclic N) is 1. The van der Waals surface area contributed by atoms with Gasteiger partial charge in [0.25, 0.3) is 0 Å². The first-order chi connectivity index (χ1) is 14.6. The van der Waals surface area contributed by atoms with Crippen molar-refractivity contribution in [2.75, 3.05) is 39.3 Å². The number of aromatic amines is 1. The van der Waals surface area contributed by atoms with Crippen molar-refractivity contribution in [3.8, 4) is 0 Å². The first kappa shape index (κ1) is 20.8. The lowest BCUT2D eigenvalue weighted by Gasteiger charge is -2.40. The molecule has 6 heteroatoms. The van der Waals surface area contributed by atoms with Crippen LogP contribution >= 0.6 is 0 Å². The van der Waals surface area contributed by atoms with E-state index in [-0.39, 0.29) is 12.4 Å². The Morgan fingerprint density at radius 3 is 2.47 bits per heavy atom. The number of aliphatic hydroxyl groups excluding tert-OH is 2. The summed E-state index contributed by atoms with van der Waals surface area (Å²) in [4.78, 5) is 20.9. The average Bonchev–Trinajstić information content (AvgIpc) is 3.20. The quantitative estimate of drug-likeness (QED) is 0.524. The van der Waals surface area contributed by atoms with Crippen molar-refractivity contribution in [3.05, 3.63) is 71.4 Å². The van der Waals surface area contributed by atoms with Gasteiger partial charge >= 0.3 is 0 Å². The molecule has 0 spiro atoms. The van der Waals surface area contributed by atoms with Crippen LogP contribution in [0.3, 0.4) is 0 Å². The molecule has 6 nitrogen and oxygen atoms in total. The second-order valence-corrected chi connectivity index (χ2v) is 8.01. The summed E-state index contributed by atoms with van der Waals surface area (Å²) in [7, 11) is 0. The van der Waals surface area contributed by atoms with Gasteiger partial charge < -0.3 is 15.2 Å². The number of H-pyrrole nitrogens is 1. The topological polar surface area (TPSA) is 79.8 Å². The number of para-hydroxylation sites is 1. The number of nitrogens with zero attached hydrogens (tertiary/aromatic N) is 2. The van der Waals surface area contributed by atoms with Gasteiger partial charge in [-0.15, -0.1) is 0 Å². The SMILES string of the molecule is Cc1ccc(C(C(O)C(=O)c2c[nH]c3ccccc23)N2CCN(CCO)CC2)cc1. The standard InChI is InChI=1S/C24H29N3O3/c1-17-6-8-18(9-7-17)22(27-12-10-26(11-13-27)14-15-28)24(30)23(29)20-16-25-21-5-3-2-4-19(20)21/h2-9,16,22,24-25,28,30H,10-15H2,1H3. The summed E-state index contributed by atoms with van der Waals surface area (Å²) in [6.07, 6.45) is 0.526. The molecule has 2 heterocycles. The Kier molecular flexibility index (Phi) is 6.29. The Hall–Kier alpha value is -2.51. The number of hydrogen-bond acceptors (Lipinski definition) is 5. The summed E-state index contributed by atoms with van der Waals surface area (Å²) in [5.41, 5.74) is 3.49. The monoisotopic (exact) mass is 407 g/mol. The molecule has 0 amide bonds. The average molecular weight is 408 g/mol. The highest BCUT2D eigenvalue weighted by molar-refractivity contribution is 6.10. The van der Waals surface area contributed by atoms with E-state index in [1.54, 1.807) is 6.20 Å². The molecule has 1 aliphatic rings. The highest BCUT2D eigenvalue weighted by Gasteiger charge is 2.35. The van der Waals surface area contributed by atoms with Crippen molar-refractivity contribution in [2.45, 2.75) is 19.1 Å². The predicted molar refractivity (Wildman–Crippen MR) is 118 cm³/mol. The lowest BCUT2D eigenvalue weighted by molar-refractivity contribution is 0.0168. The molecule has 2 aromatic carbocycles. The van der Waals surface area contributed by atoms with Crippen molar-refractivity contribution in [3.63, 3.8) is 0 Å². The van der Waals surface area contributed by atoms with Gasteiger partial charge in [0.1, 0.15) is 6.10 Å². The van der Waals surface area contributed by atoms with Crippen LogP contribution in [0.2, 0.25) is 0 Å². The number of ketones is 1. The molecular formula is C24H29N3O3. The molecule has 0 aliphatic carbocycles. The highest BCUT2D eigenvalue weighted by Crippen LogP contribution is 2.30. The van der Waals surface area contributed by atoms with Crippen LogP contribution in [-0.2, 0) is 0 Å².